The second-order valence-electron chi connectivity index (χ2n) is 4.63. The van der Waals surface area contributed by atoms with Gasteiger partial charge in [0, 0.05) is 6.07 Å². The van der Waals surface area contributed by atoms with E-state index in [0.29, 0.717) is 0 Å². The molecule has 108 valence electrons. The maximum Gasteiger partial charge on any atom is 0.189 e. The molecule has 2 N–H and O–H groups in total. The molecule has 0 unspecified atom stereocenters. The lowest BCUT2D eigenvalue weighted by molar-refractivity contribution is 0.104. The molecule has 0 saturated carbocycles. The van der Waals surface area contributed by atoms with Crippen molar-refractivity contribution in [2.45, 2.75) is 6.92 Å². The third kappa shape index (κ3) is 3.42. The molecule has 4 heteroatoms. The molecule has 0 aliphatic heterocycles. The van der Waals surface area contributed by atoms with Gasteiger partial charge in [0.2, 0.25) is 0 Å². The van der Waals surface area contributed by atoms with Crippen LogP contribution in [0.25, 0.3) is 6.08 Å². The number of phenolic OH excluding ortho intramolecular Hbond substituents is 2. The van der Waals surface area contributed by atoms with Crippen LogP contribution in [0, 0.1) is 6.92 Å². The average molecular weight is 284 g/mol. The number of ketones is 1. The summed E-state index contributed by atoms with van der Waals surface area (Å²) in [6.07, 6.45) is 3.02. The first kappa shape index (κ1) is 14.7. The molecule has 0 spiro atoms. The normalized spacial score (nSPS) is 10.8. The predicted molar refractivity (Wildman–Crippen MR) is 80.9 cm³/mol. The lowest BCUT2D eigenvalue weighted by Crippen LogP contribution is -1.94. The summed E-state index contributed by atoms with van der Waals surface area (Å²) >= 11 is 0. The van der Waals surface area contributed by atoms with E-state index in [-0.39, 0.29) is 22.8 Å². The van der Waals surface area contributed by atoms with Crippen molar-refractivity contribution in [2.24, 2.45) is 0 Å². The van der Waals surface area contributed by atoms with Crippen LogP contribution in [0.2, 0.25) is 0 Å². The second-order valence-corrected chi connectivity index (χ2v) is 4.63. The van der Waals surface area contributed by atoms with Crippen LogP contribution in [0.5, 0.6) is 17.2 Å². The number of methoxy groups -OCH3 is 1. The molecule has 0 aliphatic rings. The summed E-state index contributed by atoms with van der Waals surface area (Å²) in [6, 6.07) is 9.48. The Bertz CT molecular complexity index is 702. The summed E-state index contributed by atoms with van der Waals surface area (Å²) in [5, 5.41) is 18.9. The second kappa shape index (κ2) is 6.13. The van der Waals surface area contributed by atoms with E-state index >= 15 is 0 Å². The Kier molecular flexibility index (Phi) is 4.28. The van der Waals surface area contributed by atoms with Gasteiger partial charge in [-0.05, 0) is 42.3 Å². The van der Waals surface area contributed by atoms with Crippen molar-refractivity contribution in [3.8, 4) is 17.2 Å². The number of hydrogen-bond donors (Lipinski definition) is 2. The molecular formula is C17H16O4. The zero-order valence-electron chi connectivity index (χ0n) is 11.8. The number of carbonyl (C=O) groups is 1. The predicted octanol–water partition coefficient (Wildman–Crippen LogP) is 3.31. The molecule has 4 nitrogen and oxygen atoms in total. The Morgan fingerprint density at radius 2 is 1.90 bits per heavy atom. The average Bonchev–Trinajstić information content (AvgIpc) is 2.46. The maximum absolute atomic E-state index is 12.0. The van der Waals surface area contributed by atoms with Gasteiger partial charge in [0.25, 0.3) is 0 Å². The van der Waals surface area contributed by atoms with Gasteiger partial charge in [-0.15, -0.1) is 0 Å². The van der Waals surface area contributed by atoms with Gasteiger partial charge >= 0.3 is 0 Å². The zero-order valence-corrected chi connectivity index (χ0v) is 11.8. The van der Waals surface area contributed by atoms with Gasteiger partial charge < -0.3 is 14.9 Å². The number of aryl methyl sites for hydroxylation is 1. The Hall–Kier alpha value is -2.75. The summed E-state index contributed by atoms with van der Waals surface area (Å²) in [5.41, 5.74) is 1.98. The molecule has 2 aromatic carbocycles. The Morgan fingerprint density at radius 1 is 1.14 bits per heavy atom. The number of phenols is 2. The molecule has 0 saturated heterocycles. The highest BCUT2D eigenvalue weighted by molar-refractivity contribution is 6.08. The van der Waals surface area contributed by atoms with Crippen LogP contribution in [0.15, 0.2) is 42.5 Å². The van der Waals surface area contributed by atoms with E-state index in [9.17, 15) is 15.0 Å². The number of rotatable bonds is 4. The van der Waals surface area contributed by atoms with E-state index < -0.39 is 0 Å². The molecule has 0 fully saturated rings. The summed E-state index contributed by atoms with van der Waals surface area (Å²) < 4.78 is 5.22. The van der Waals surface area contributed by atoms with Crippen molar-refractivity contribution in [3.63, 3.8) is 0 Å². The molecule has 2 aromatic rings. The maximum atomic E-state index is 12.0. The number of carbonyl (C=O) groups excluding carboxylic acids is 1. The van der Waals surface area contributed by atoms with E-state index in [1.54, 1.807) is 13.2 Å². The standard InChI is InChI=1S/C17H16O4/c1-11-3-4-12(9-17(11)21-2)5-8-15(19)14-7-6-13(18)10-16(14)20/h3-10,18,20H,1-2H3/b8-5+. The first-order chi connectivity index (χ1) is 10.0. The van der Waals surface area contributed by atoms with E-state index in [4.69, 9.17) is 4.74 Å². The van der Waals surface area contributed by atoms with Crippen molar-refractivity contribution in [1.82, 2.24) is 0 Å². The summed E-state index contributed by atoms with van der Waals surface area (Å²) in [6.45, 7) is 1.94. The van der Waals surface area contributed by atoms with Gasteiger partial charge in [0.05, 0.1) is 12.7 Å². The first-order valence-electron chi connectivity index (χ1n) is 6.40. The van der Waals surface area contributed by atoms with Gasteiger partial charge in [-0.3, -0.25) is 4.79 Å². The van der Waals surface area contributed by atoms with Crippen LogP contribution in [-0.2, 0) is 0 Å². The van der Waals surface area contributed by atoms with Crippen LogP contribution in [0.4, 0.5) is 0 Å². The lowest BCUT2D eigenvalue weighted by atomic mass is 10.1. The zero-order chi connectivity index (χ0) is 15.4. The van der Waals surface area contributed by atoms with Crippen molar-refractivity contribution in [1.29, 1.82) is 0 Å². The summed E-state index contributed by atoms with van der Waals surface area (Å²) in [5.74, 6) is 0.0755. The van der Waals surface area contributed by atoms with E-state index in [0.717, 1.165) is 22.9 Å². The largest absolute Gasteiger partial charge is 0.508 e. The van der Waals surface area contributed by atoms with Crippen LogP contribution < -0.4 is 4.74 Å². The van der Waals surface area contributed by atoms with Crippen LogP contribution in [0.1, 0.15) is 21.5 Å². The smallest absolute Gasteiger partial charge is 0.189 e. The van der Waals surface area contributed by atoms with Crippen molar-refractivity contribution < 1.29 is 19.7 Å². The number of allylic oxidation sites excluding steroid dienone is 1. The summed E-state index contributed by atoms with van der Waals surface area (Å²) in [4.78, 5) is 12.0. The Morgan fingerprint density at radius 3 is 2.57 bits per heavy atom. The fraction of sp³-hybridized carbons (Fsp3) is 0.118. The first-order valence-corrected chi connectivity index (χ1v) is 6.40. The van der Waals surface area contributed by atoms with Crippen molar-refractivity contribution in [3.05, 3.63) is 59.2 Å². The minimum absolute atomic E-state index is 0.0868. The molecule has 0 atom stereocenters. The van der Waals surface area contributed by atoms with E-state index in [1.165, 1.54) is 18.2 Å². The fourth-order valence-corrected chi connectivity index (χ4v) is 1.93. The summed E-state index contributed by atoms with van der Waals surface area (Å²) in [7, 11) is 1.59. The number of aromatic hydroxyl groups is 2. The van der Waals surface area contributed by atoms with Gasteiger partial charge in [0.15, 0.2) is 5.78 Å². The Balaban J connectivity index is 2.22. The molecule has 2 rings (SSSR count). The molecule has 0 aromatic heterocycles. The molecule has 0 amide bonds. The number of benzene rings is 2. The molecule has 21 heavy (non-hydrogen) atoms. The molecule has 0 heterocycles. The highest BCUT2D eigenvalue weighted by Gasteiger charge is 2.08. The highest BCUT2D eigenvalue weighted by atomic mass is 16.5. The van der Waals surface area contributed by atoms with E-state index in [2.05, 4.69) is 0 Å². The minimum Gasteiger partial charge on any atom is -0.508 e. The molecular weight excluding hydrogens is 268 g/mol. The SMILES string of the molecule is COc1cc(/C=C/C(=O)c2ccc(O)cc2O)ccc1C. The van der Waals surface area contributed by atoms with Crippen molar-refractivity contribution in [2.75, 3.05) is 7.11 Å². The van der Waals surface area contributed by atoms with E-state index in [1.807, 2.05) is 25.1 Å². The Labute approximate surface area is 122 Å². The molecule has 0 aliphatic carbocycles. The van der Waals surface area contributed by atoms with Crippen LogP contribution in [-0.4, -0.2) is 23.1 Å². The third-order valence-electron chi connectivity index (χ3n) is 3.11. The topological polar surface area (TPSA) is 66.8 Å². The lowest BCUT2D eigenvalue weighted by Gasteiger charge is -2.05. The molecule has 0 bridgehead atoms. The van der Waals surface area contributed by atoms with Gasteiger partial charge in [0.1, 0.15) is 17.2 Å². The highest BCUT2D eigenvalue weighted by Crippen LogP contribution is 2.24. The van der Waals surface area contributed by atoms with Crippen LogP contribution in [0.3, 0.4) is 0 Å². The van der Waals surface area contributed by atoms with Crippen molar-refractivity contribution >= 4 is 11.9 Å². The third-order valence-corrected chi connectivity index (χ3v) is 3.11. The minimum atomic E-state index is -0.341. The fourth-order valence-electron chi connectivity index (χ4n) is 1.93. The monoisotopic (exact) mass is 284 g/mol. The van der Waals surface area contributed by atoms with Crippen LogP contribution >= 0.6 is 0 Å². The molecule has 0 radical (unpaired) electrons. The number of hydrogen-bond acceptors (Lipinski definition) is 4. The quantitative estimate of drug-likeness (QED) is 0.667. The number of ether oxygens (including phenoxy) is 1. The van der Waals surface area contributed by atoms with Gasteiger partial charge in [-0.1, -0.05) is 18.2 Å². The van der Waals surface area contributed by atoms with Gasteiger partial charge in [-0.25, -0.2) is 0 Å². The van der Waals surface area contributed by atoms with Gasteiger partial charge in [-0.2, -0.15) is 0 Å².